The Morgan fingerprint density at radius 2 is 2.07 bits per heavy atom. The van der Waals surface area contributed by atoms with Gasteiger partial charge in [0.1, 0.15) is 22.6 Å². The maximum atomic E-state index is 12.5. The fourth-order valence-corrected chi connectivity index (χ4v) is 3.95. The van der Waals surface area contributed by atoms with Gasteiger partial charge in [-0.05, 0) is 24.6 Å². The summed E-state index contributed by atoms with van der Waals surface area (Å²) >= 11 is 2.50. The van der Waals surface area contributed by atoms with Crippen LogP contribution in [0.2, 0.25) is 0 Å². The first-order valence-corrected chi connectivity index (χ1v) is 10.2. The lowest BCUT2D eigenvalue weighted by Gasteiger charge is -2.09. The van der Waals surface area contributed by atoms with Crippen LogP contribution in [-0.2, 0) is 9.53 Å². The minimum absolute atomic E-state index is 0.132. The van der Waals surface area contributed by atoms with Crippen molar-refractivity contribution in [3.63, 3.8) is 0 Å². The fraction of sp³-hybridized carbons (Fsp3) is 0.222. The van der Waals surface area contributed by atoms with Gasteiger partial charge in [0.2, 0.25) is 5.91 Å². The topological polar surface area (TPSA) is 106 Å². The van der Waals surface area contributed by atoms with E-state index in [0.29, 0.717) is 21.3 Å². The molecule has 8 nitrogen and oxygen atoms in total. The van der Waals surface area contributed by atoms with Gasteiger partial charge in [0.15, 0.2) is 5.16 Å². The van der Waals surface area contributed by atoms with Gasteiger partial charge in [0.25, 0.3) is 0 Å². The van der Waals surface area contributed by atoms with Crippen LogP contribution in [0.25, 0.3) is 11.1 Å². The normalized spacial score (nSPS) is 10.5. The Bertz CT molecular complexity index is 939. The number of methoxy groups -OCH3 is 1. The fourth-order valence-electron chi connectivity index (χ4n) is 2.40. The summed E-state index contributed by atoms with van der Waals surface area (Å²) < 4.78 is 10.4. The van der Waals surface area contributed by atoms with Crippen LogP contribution in [0, 0.1) is 0 Å². The van der Waals surface area contributed by atoms with E-state index in [2.05, 4.69) is 20.5 Å². The van der Waals surface area contributed by atoms with Crippen molar-refractivity contribution in [3.05, 3.63) is 41.5 Å². The van der Waals surface area contributed by atoms with E-state index in [4.69, 9.17) is 9.47 Å². The minimum atomic E-state index is -0.479. The molecule has 2 aromatic heterocycles. The average Bonchev–Trinajstić information content (AvgIpc) is 3.36. The quantitative estimate of drug-likeness (QED) is 0.426. The molecule has 0 aliphatic carbocycles. The number of rotatable bonds is 8. The number of thioether (sulfide) groups is 1. The third-order valence-electron chi connectivity index (χ3n) is 3.66. The van der Waals surface area contributed by atoms with Crippen molar-refractivity contribution in [2.24, 2.45) is 0 Å². The summed E-state index contributed by atoms with van der Waals surface area (Å²) in [5.41, 5.74) is 1.87. The molecule has 0 fully saturated rings. The van der Waals surface area contributed by atoms with Gasteiger partial charge >= 0.3 is 5.97 Å². The second kappa shape index (κ2) is 9.38. The van der Waals surface area contributed by atoms with Crippen molar-refractivity contribution in [1.82, 2.24) is 15.2 Å². The van der Waals surface area contributed by atoms with Crippen LogP contribution in [0.15, 0.2) is 41.1 Å². The molecule has 1 amide bonds. The molecule has 2 N–H and O–H groups in total. The SMILES string of the molecule is CCOC(=O)c1c(-c2ccc(OC)cc2)csc1NC(=O)CSc1ncn[nH]1. The molecule has 3 rings (SSSR count). The Kier molecular flexibility index (Phi) is 6.66. The van der Waals surface area contributed by atoms with E-state index in [0.717, 1.165) is 11.3 Å². The van der Waals surface area contributed by atoms with E-state index in [9.17, 15) is 9.59 Å². The zero-order valence-electron chi connectivity index (χ0n) is 15.2. The third-order valence-corrected chi connectivity index (χ3v) is 5.43. The molecule has 10 heteroatoms. The lowest BCUT2D eigenvalue weighted by atomic mass is 10.0. The molecule has 0 aliphatic rings. The van der Waals surface area contributed by atoms with E-state index in [1.165, 1.54) is 29.4 Å². The smallest absolute Gasteiger partial charge is 0.341 e. The number of benzene rings is 1. The number of carbonyl (C=O) groups is 2. The number of anilines is 1. The number of nitrogens with one attached hydrogen (secondary N) is 2. The van der Waals surface area contributed by atoms with Crippen LogP contribution in [0.5, 0.6) is 5.75 Å². The second-order valence-corrected chi connectivity index (χ2v) is 7.27. The Hall–Kier alpha value is -2.85. The molecule has 146 valence electrons. The van der Waals surface area contributed by atoms with E-state index >= 15 is 0 Å². The van der Waals surface area contributed by atoms with E-state index in [1.54, 1.807) is 14.0 Å². The summed E-state index contributed by atoms with van der Waals surface area (Å²) in [4.78, 5) is 28.8. The van der Waals surface area contributed by atoms with Crippen LogP contribution in [0.3, 0.4) is 0 Å². The minimum Gasteiger partial charge on any atom is -0.497 e. The summed E-state index contributed by atoms with van der Waals surface area (Å²) in [5.74, 6) is 0.116. The van der Waals surface area contributed by atoms with Crippen LogP contribution in [-0.4, -0.2) is 46.5 Å². The molecule has 0 aliphatic heterocycles. The van der Waals surface area contributed by atoms with Crippen LogP contribution in [0.4, 0.5) is 5.00 Å². The highest BCUT2D eigenvalue weighted by Crippen LogP contribution is 2.37. The number of carbonyl (C=O) groups excluding carboxylic acids is 2. The first kappa shape index (κ1) is 19.9. The van der Waals surface area contributed by atoms with Gasteiger partial charge in [-0.25, -0.2) is 9.78 Å². The Balaban J connectivity index is 1.82. The standard InChI is InChI=1S/C18H18N4O4S2/c1-3-26-17(24)15-13(11-4-6-12(25-2)7-5-11)8-27-16(15)21-14(23)9-28-18-19-10-20-22-18/h4-8,10H,3,9H2,1-2H3,(H,21,23)(H,19,20,22). The first-order valence-electron chi connectivity index (χ1n) is 8.33. The number of aromatic amines is 1. The summed E-state index contributed by atoms with van der Waals surface area (Å²) in [6, 6.07) is 7.34. The van der Waals surface area contributed by atoms with Crippen molar-refractivity contribution < 1.29 is 19.1 Å². The van der Waals surface area contributed by atoms with Crippen molar-refractivity contribution in [3.8, 4) is 16.9 Å². The number of hydrogen-bond donors (Lipinski definition) is 2. The molecule has 1 aromatic carbocycles. The number of esters is 1. The molecule has 0 atom stereocenters. The van der Waals surface area contributed by atoms with Crippen LogP contribution < -0.4 is 10.1 Å². The van der Waals surface area contributed by atoms with Gasteiger partial charge in [-0.2, -0.15) is 5.10 Å². The lowest BCUT2D eigenvalue weighted by Crippen LogP contribution is -2.16. The number of ether oxygens (including phenoxy) is 2. The van der Waals surface area contributed by atoms with Gasteiger partial charge in [-0.3, -0.25) is 9.89 Å². The Morgan fingerprint density at radius 3 is 2.71 bits per heavy atom. The molecule has 0 saturated carbocycles. The Labute approximate surface area is 169 Å². The number of H-pyrrole nitrogens is 1. The second-order valence-electron chi connectivity index (χ2n) is 5.43. The van der Waals surface area contributed by atoms with E-state index in [-0.39, 0.29) is 18.3 Å². The number of aromatic nitrogens is 3. The van der Waals surface area contributed by atoms with E-state index < -0.39 is 5.97 Å². The van der Waals surface area contributed by atoms with Crippen molar-refractivity contribution in [1.29, 1.82) is 0 Å². The molecule has 3 aromatic rings. The molecular weight excluding hydrogens is 400 g/mol. The zero-order chi connectivity index (χ0) is 19.9. The number of thiophene rings is 1. The molecule has 0 saturated heterocycles. The highest BCUT2D eigenvalue weighted by molar-refractivity contribution is 7.99. The highest BCUT2D eigenvalue weighted by Gasteiger charge is 2.23. The van der Waals surface area contributed by atoms with Crippen molar-refractivity contribution in [2.75, 3.05) is 24.8 Å². The maximum absolute atomic E-state index is 12.5. The molecule has 28 heavy (non-hydrogen) atoms. The predicted molar refractivity (Wildman–Crippen MR) is 108 cm³/mol. The number of amides is 1. The monoisotopic (exact) mass is 418 g/mol. The lowest BCUT2D eigenvalue weighted by molar-refractivity contribution is -0.113. The maximum Gasteiger partial charge on any atom is 0.341 e. The summed E-state index contributed by atoms with van der Waals surface area (Å²) in [5, 5.41) is 12.0. The summed E-state index contributed by atoms with van der Waals surface area (Å²) in [6.45, 7) is 1.98. The van der Waals surface area contributed by atoms with Gasteiger partial charge < -0.3 is 14.8 Å². The molecule has 2 heterocycles. The molecule has 0 bridgehead atoms. The molecule has 0 spiro atoms. The molecule has 0 unspecified atom stereocenters. The van der Waals surface area contributed by atoms with Crippen LogP contribution >= 0.6 is 23.1 Å². The largest absolute Gasteiger partial charge is 0.497 e. The molecule has 0 radical (unpaired) electrons. The summed E-state index contributed by atoms with van der Waals surface area (Å²) in [6.07, 6.45) is 1.37. The first-order chi connectivity index (χ1) is 13.6. The number of hydrogen-bond acceptors (Lipinski definition) is 8. The summed E-state index contributed by atoms with van der Waals surface area (Å²) in [7, 11) is 1.59. The van der Waals surface area contributed by atoms with Crippen molar-refractivity contribution in [2.45, 2.75) is 12.1 Å². The predicted octanol–water partition coefficient (Wildman–Crippen LogP) is 3.45. The van der Waals surface area contributed by atoms with Gasteiger partial charge in [0.05, 0.1) is 19.5 Å². The zero-order valence-corrected chi connectivity index (χ0v) is 16.9. The van der Waals surface area contributed by atoms with Crippen LogP contribution in [0.1, 0.15) is 17.3 Å². The highest BCUT2D eigenvalue weighted by atomic mass is 32.2. The average molecular weight is 419 g/mol. The van der Waals surface area contributed by atoms with E-state index in [1.807, 2.05) is 29.6 Å². The Morgan fingerprint density at radius 1 is 1.29 bits per heavy atom. The van der Waals surface area contributed by atoms with Gasteiger partial charge in [0, 0.05) is 10.9 Å². The van der Waals surface area contributed by atoms with Gasteiger partial charge in [-0.1, -0.05) is 23.9 Å². The van der Waals surface area contributed by atoms with Gasteiger partial charge in [-0.15, -0.1) is 11.3 Å². The number of nitrogens with zero attached hydrogens (tertiary/aromatic N) is 2. The van der Waals surface area contributed by atoms with Crippen molar-refractivity contribution >= 4 is 40.0 Å². The third kappa shape index (κ3) is 4.70. The molecular formula is C18H18N4O4S2.